The largest absolute Gasteiger partial charge is 0.443 e. The standard InChI is InChI=1S/C13H16BrNO3S/c1-13(2,3)18-12(17)15-8(4-7-11(15)16)9-5-6-10(14)19-9/h5-6,8H,4,7H2,1-3H3. The van der Waals surface area contributed by atoms with E-state index in [9.17, 15) is 9.59 Å². The average molecular weight is 346 g/mol. The number of nitrogens with zero attached hydrogens (tertiary/aromatic N) is 1. The number of likely N-dealkylation sites (tertiary alicyclic amines) is 1. The fraction of sp³-hybridized carbons (Fsp3) is 0.538. The van der Waals surface area contributed by atoms with Crippen LogP contribution in [-0.2, 0) is 9.53 Å². The number of carbonyl (C=O) groups excluding carboxylic acids is 2. The van der Waals surface area contributed by atoms with Crippen molar-refractivity contribution >= 4 is 39.3 Å². The van der Waals surface area contributed by atoms with Crippen LogP contribution in [0.15, 0.2) is 15.9 Å². The Morgan fingerprint density at radius 3 is 2.68 bits per heavy atom. The quantitative estimate of drug-likeness (QED) is 0.769. The van der Waals surface area contributed by atoms with E-state index in [0.29, 0.717) is 12.8 Å². The Morgan fingerprint density at radius 2 is 2.16 bits per heavy atom. The molecule has 0 radical (unpaired) electrons. The molecule has 2 rings (SSSR count). The summed E-state index contributed by atoms with van der Waals surface area (Å²) in [6, 6.07) is 3.67. The first-order valence-electron chi connectivity index (χ1n) is 6.08. The molecule has 19 heavy (non-hydrogen) atoms. The molecular weight excluding hydrogens is 330 g/mol. The summed E-state index contributed by atoms with van der Waals surface area (Å²) < 4.78 is 6.30. The number of hydrogen-bond donors (Lipinski definition) is 0. The highest BCUT2D eigenvalue weighted by atomic mass is 79.9. The molecule has 4 nitrogen and oxygen atoms in total. The Hall–Kier alpha value is -0.880. The highest BCUT2D eigenvalue weighted by Gasteiger charge is 2.39. The van der Waals surface area contributed by atoms with E-state index < -0.39 is 11.7 Å². The maximum absolute atomic E-state index is 12.1. The number of thiophene rings is 1. The van der Waals surface area contributed by atoms with Gasteiger partial charge in [-0.25, -0.2) is 9.69 Å². The van der Waals surface area contributed by atoms with Gasteiger partial charge in [0.05, 0.1) is 9.83 Å². The van der Waals surface area contributed by atoms with Crippen LogP contribution in [0.4, 0.5) is 4.79 Å². The van der Waals surface area contributed by atoms with Crippen LogP contribution in [0.1, 0.15) is 44.5 Å². The van der Waals surface area contributed by atoms with Crippen molar-refractivity contribution in [2.45, 2.75) is 45.3 Å². The van der Waals surface area contributed by atoms with Gasteiger partial charge in [0, 0.05) is 11.3 Å². The molecule has 0 bridgehead atoms. The molecule has 104 valence electrons. The van der Waals surface area contributed by atoms with Crippen LogP contribution in [0, 0.1) is 0 Å². The van der Waals surface area contributed by atoms with E-state index in [4.69, 9.17) is 4.74 Å². The number of rotatable bonds is 1. The first-order chi connectivity index (χ1) is 8.78. The summed E-state index contributed by atoms with van der Waals surface area (Å²) in [5, 5.41) is 0. The van der Waals surface area contributed by atoms with Crippen molar-refractivity contribution in [2.24, 2.45) is 0 Å². The van der Waals surface area contributed by atoms with Gasteiger partial charge in [0.2, 0.25) is 5.91 Å². The Bertz CT molecular complexity index is 506. The minimum atomic E-state index is -0.597. The third-order valence-corrected chi connectivity index (χ3v) is 4.45. The minimum Gasteiger partial charge on any atom is -0.443 e. The Morgan fingerprint density at radius 1 is 1.47 bits per heavy atom. The molecule has 1 aliphatic heterocycles. The van der Waals surface area contributed by atoms with Crippen molar-refractivity contribution in [2.75, 3.05) is 0 Å². The summed E-state index contributed by atoms with van der Waals surface area (Å²) in [5.74, 6) is -0.163. The smallest absolute Gasteiger partial charge is 0.417 e. The monoisotopic (exact) mass is 345 g/mol. The van der Waals surface area contributed by atoms with Crippen molar-refractivity contribution in [3.63, 3.8) is 0 Å². The third-order valence-electron chi connectivity index (χ3n) is 2.72. The zero-order valence-corrected chi connectivity index (χ0v) is 13.5. The maximum Gasteiger partial charge on any atom is 0.417 e. The van der Waals surface area contributed by atoms with Crippen LogP contribution < -0.4 is 0 Å². The molecule has 0 spiro atoms. The highest BCUT2D eigenvalue weighted by Crippen LogP contribution is 2.38. The number of imide groups is 1. The van der Waals surface area contributed by atoms with Gasteiger partial charge in [-0.2, -0.15) is 0 Å². The topological polar surface area (TPSA) is 46.6 Å². The fourth-order valence-electron chi connectivity index (χ4n) is 2.00. The van der Waals surface area contributed by atoms with Gasteiger partial charge in [0.1, 0.15) is 5.60 Å². The number of amides is 2. The van der Waals surface area contributed by atoms with E-state index >= 15 is 0 Å². The van der Waals surface area contributed by atoms with Gasteiger partial charge >= 0.3 is 6.09 Å². The zero-order chi connectivity index (χ0) is 14.2. The van der Waals surface area contributed by atoms with Gasteiger partial charge in [-0.3, -0.25) is 4.79 Å². The second kappa shape index (κ2) is 5.25. The SMILES string of the molecule is CC(C)(C)OC(=O)N1C(=O)CCC1c1ccc(Br)s1. The normalized spacial score (nSPS) is 19.9. The first kappa shape index (κ1) is 14.5. The average Bonchev–Trinajstić information content (AvgIpc) is 2.81. The van der Waals surface area contributed by atoms with E-state index in [0.717, 1.165) is 8.66 Å². The molecule has 1 aliphatic rings. The van der Waals surface area contributed by atoms with Gasteiger partial charge in [-0.15, -0.1) is 11.3 Å². The summed E-state index contributed by atoms with van der Waals surface area (Å²) in [6.07, 6.45) is 0.495. The highest BCUT2D eigenvalue weighted by molar-refractivity contribution is 9.11. The summed E-state index contributed by atoms with van der Waals surface area (Å²) in [4.78, 5) is 26.3. The number of ether oxygens (including phenoxy) is 1. The lowest BCUT2D eigenvalue weighted by atomic mass is 10.2. The third kappa shape index (κ3) is 3.36. The molecule has 1 aromatic rings. The molecule has 1 atom stereocenters. The number of hydrogen-bond acceptors (Lipinski definition) is 4. The lowest BCUT2D eigenvalue weighted by Crippen LogP contribution is -2.38. The molecular formula is C13H16BrNO3S. The molecule has 2 amide bonds. The lowest BCUT2D eigenvalue weighted by Gasteiger charge is -2.26. The molecule has 1 saturated heterocycles. The molecule has 0 saturated carbocycles. The molecule has 6 heteroatoms. The van der Waals surface area contributed by atoms with Crippen LogP contribution in [0.3, 0.4) is 0 Å². The van der Waals surface area contributed by atoms with Crippen molar-refractivity contribution in [1.82, 2.24) is 4.90 Å². The summed E-state index contributed by atoms with van der Waals surface area (Å²) in [5.41, 5.74) is -0.597. The second-order valence-electron chi connectivity index (χ2n) is 5.44. The van der Waals surface area contributed by atoms with E-state index in [-0.39, 0.29) is 11.9 Å². The van der Waals surface area contributed by atoms with Gasteiger partial charge in [0.25, 0.3) is 0 Å². The number of carbonyl (C=O) groups is 2. The second-order valence-corrected chi connectivity index (χ2v) is 7.94. The van der Waals surface area contributed by atoms with Crippen molar-refractivity contribution in [3.8, 4) is 0 Å². The van der Waals surface area contributed by atoms with Crippen molar-refractivity contribution < 1.29 is 14.3 Å². The van der Waals surface area contributed by atoms with Gasteiger partial charge in [0.15, 0.2) is 0 Å². The van der Waals surface area contributed by atoms with E-state index in [2.05, 4.69) is 15.9 Å². The Balaban J connectivity index is 2.21. The van der Waals surface area contributed by atoms with E-state index in [1.54, 1.807) is 32.1 Å². The molecule has 0 N–H and O–H groups in total. The van der Waals surface area contributed by atoms with Gasteiger partial charge < -0.3 is 4.74 Å². The minimum absolute atomic E-state index is 0.163. The Labute approximate surface area is 124 Å². The fourth-order valence-corrected chi connectivity index (χ4v) is 3.55. The van der Waals surface area contributed by atoms with Crippen LogP contribution in [0.25, 0.3) is 0 Å². The van der Waals surface area contributed by atoms with Gasteiger partial charge in [-0.1, -0.05) is 0 Å². The summed E-state index contributed by atoms with van der Waals surface area (Å²) >= 11 is 4.94. The molecule has 1 unspecified atom stereocenters. The van der Waals surface area contributed by atoms with Crippen molar-refractivity contribution in [1.29, 1.82) is 0 Å². The molecule has 1 fully saturated rings. The van der Waals surface area contributed by atoms with Gasteiger partial charge in [-0.05, 0) is 55.3 Å². The molecule has 2 heterocycles. The maximum atomic E-state index is 12.1. The molecule has 1 aromatic heterocycles. The predicted molar refractivity (Wildman–Crippen MR) is 77.1 cm³/mol. The Kier molecular flexibility index (Phi) is 4.01. The molecule has 0 aliphatic carbocycles. The lowest BCUT2D eigenvalue weighted by molar-refractivity contribution is -0.128. The number of halogens is 1. The van der Waals surface area contributed by atoms with Crippen LogP contribution in [0.2, 0.25) is 0 Å². The van der Waals surface area contributed by atoms with Crippen LogP contribution in [0.5, 0.6) is 0 Å². The van der Waals surface area contributed by atoms with E-state index in [1.807, 2.05) is 12.1 Å². The molecule has 0 aromatic carbocycles. The predicted octanol–water partition coefficient (Wildman–Crippen LogP) is 4.11. The zero-order valence-electron chi connectivity index (χ0n) is 11.1. The van der Waals surface area contributed by atoms with Crippen LogP contribution in [-0.4, -0.2) is 22.5 Å². The van der Waals surface area contributed by atoms with E-state index in [1.165, 1.54) is 4.90 Å². The van der Waals surface area contributed by atoms with Crippen molar-refractivity contribution in [3.05, 3.63) is 20.8 Å². The summed E-state index contributed by atoms with van der Waals surface area (Å²) in [7, 11) is 0. The van der Waals surface area contributed by atoms with Crippen LogP contribution >= 0.6 is 27.3 Å². The summed E-state index contributed by atoms with van der Waals surface area (Å²) in [6.45, 7) is 5.38. The first-order valence-corrected chi connectivity index (χ1v) is 7.69.